The van der Waals surface area contributed by atoms with Crippen molar-refractivity contribution in [3.05, 3.63) is 0 Å². The van der Waals surface area contributed by atoms with Crippen molar-refractivity contribution in [1.82, 2.24) is 0 Å². The number of rotatable bonds is 8. The van der Waals surface area contributed by atoms with Crippen molar-refractivity contribution in [2.24, 2.45) is 16.5 Å². The molecule has 0 saturated heterocycles. The Balaban J connectivity index is 2.99. The third-order valence-corrected chi connectivity index (χ3v) is 1.77. The van der Waals surface area contributed by atoms with Crippen molar-refractivity contribution in [2.75, 3.05) is 6.54 Å². The average molecular weight is 185 g/mol. The SMILES string of the molecule is NC(N)=NCCCCCCCC=O. The van der Waals surface area contributed by atoms with Gasteiger partial charge in [0, 0.05) is 13.0 Å². The van der Waals surface area contributed by atoms with Gasteiger partial charge in [-0.2, -0.15) is 0 Å². The highest BCUT2D eigenvalue weighted by Gasteiger charge is 1.89. The minimum Gasteiger partial charge on any atom is -0.370 e. The topological polar surface area (TPSA) is 81.5 Å². The first-order chi connectivity index (χ1) is 6.27. The molecule has 0 fully saturated rings. The first kappa shape index (κ1) is 11.9. The molecule has 0 rings (SSSR count). The second-order valence-electron chi connectivity index (χ2n) is 3.03. The van der Waals surface area contributed by atoms with Crippen LogP contribution in [0.2, 0.25) is 0 Å². The maximum atomic E-state index is 9.97. The fourth-order valence-electron chi connectivity index (χ4n) is 1.08. The van der Waals surface area contributed by atoms with E-state index in [1.54, 1.807) is 0 Å². The van der Waals surface area contributed by atoms with Crippen LogP contribution in [-0.4, -0.2) is 18.8 Å². The van der Waals surface area contributed by atoms with Crippen molar-refractivity contribution in [1.29, 1.82) is 0 Å². The number of guanidine groups is 1. The highest BCUT2D eigenvalue weighted by Crippen LogP contribution is 2.04. The van der Waals surface area contributed by atoms with Gasteiger partial charge in [-0.05, 0) is 12.8 Å². The molecule has 0 aliphatic heterocycles. The van der Waals surface area contributed by atoms with Crippen molar-refractivity contribution in [3.8, 4) is 0 Å². The van der Waals surface area contributed by atoms with E-state index in [1.165, 1.54) is 0 Å². The Morgan fingerprint density at radius 1 is 1.08 bits per heavy atom. The molecule has 0 amide bonds. The fraction of sp³-hybridized carbons (Fsp3) is 0.778. The lowest BCUT2D eigenvalue weighted by Crippen LogP contribution is -2.22. The Bertz CT molecular complexity index is 153. The van der Waals surface area contributed by atoms with Crippen LogP contribution in [-0.2, 0) is 4.79 Å². The predicted molar refractivity (Wildman–Crippen MR) is 54.4 cm³/mol. The van der Waals surface area contributed by atoms with Gasteiger partial charge in [-0.15, -0.1) is 0 Å². The van der Waals surface area contributed by atoms with Crippen LogP contribution in [0.1, 0.15) is 38.5 Å². The summed E-state index contributed by atoms with van der Waals surface area (Å²) in [5, 5.41) is 0. The van der Waals surface area contributed by atoms with E-state index >= 15 is 0 Å². The summed E-state index contributed by atoms with van der Waals surface area (Å²) in [5.41, 5.74) is 10.3. The molecular weight excluding hydrogens is 166 g/mol. The highest BCUT2D eigenvalue weighted by molar-refractivity contribution is 5.75. The summed E-state index contributed by atoms with van der Waals surface area (Å²) in [4.78, 5) is 13.8. The second kappa shape index (κ2) is 9.03. The van der Waals surface area contributed by atoms with Crippen LogP contribution < -0.4 is 11.5 Å². The second-order valence-corrected chi connectivity index (χ2v) is 3.03. The van der Waals surface area contributed by atoms with Crippen LogP contribution >= 0.6 is 0 Å². The van der Waals surface area contributed by atoms with Crippen LogP contribution in [0.3, 0.4) is 0 Å². The number of unbranched alkanes of at least 4 members (excludes halogenated alkanes) is 5. The van der Waals surface area contributed by atoms with Gasteiger partial charge < -0.3 is 16.3 Å². The smallest absolute Gasteiger partial charge is 0.185 e. The van der Waals surface area contributed by atoms with Gasteiger partial charge in [-0.1, -0.05) is 19.3 Å². The van der Waals surface area contributed by atoms with E-state index in [9.17, 15) is 4.79 Å². The molecule has 0 aromatic heterocycles. The van der Waals surface area contributed by atoms with Gasteiger partial charge >= 0.3 is 0 Å². The maximum absolute atomic E-state index is 9.97. The van der Waals surface area contributed by atoms with Crippen molar-refractivity contribution >= 4 is 12.2 Å². The molecule has 4 N–H and O–H groups in total. The third-order valence-electron chi connectivity index (χ3n) is 1.77. The maximum Gasteiger partial charge on any atom is 0.185 e. The Morgan fingerprint density at radius 2 is 1.69 bits per heavy atom. The minimum atomic E-state index is 0.168. The molecular formula is C9H19N3O. The lowest BCUT2D eigenvalue weighted by atomic mass is 10.1. The Hall–Kier alpha value is -1.06. The number of aldehydes is 1. The number of carbonyl (C=O) groups excluding carboxylic acids is 1. The lowest BCUT2D eigenvalue weighted by molar-refractivity contribution is -0.107. The van der Waals surface area contributed by atoms with E-state index in [4.69, 9.17) is 11.5 Å². The summed E-state index contributed by atoms with van der Waals surface area (Å²) in [5.74, 6) is 0.168. The molecule has 0 aliphatic carbocycles. The molecule has 76 valence electrons. The van der Waals surface area contributed by atoms with Gasteiger partial charge in [-0.3, -0.25) is 4.99 Å². The minimum absolute atomic E-state index is 0.168. The van der Waals surface area contributed by atoms with E-state index in [0.29, 0.717) is 6.42 Å². The van der Waals surface area contributed by atoms with Crippen LogP contribution in [0, 0.1) is 0 Å². The third kappa shape index (κ3) is 10.9. The Labute approximate surface area is 79.4 Å². The fourth-order valence-corrected chi connectivity index (χ4v) is 1.08. The Morgan fingerprint density at radius 3 is 2.31 bits per heavy atom. The molecule has 0 spiro atoms. The quantitative estimate of drug-likeness (QED) is 0.254. The van der Waals surface area contributed by atoms with Crippen LogP contribution in [0.25, 0.3) is 0 Å². The number of nitrogens with two attached hydrogens (primary N) is 2. The molecule has 0 aliphatic rings. The number of hydrogen-bond acceptors (Lipinski definition) is 2. The average Bonchev–Trinajstić information content (AvgIpc) is 2.09. The zero-order chi connectivity index (χ0) is 9.94. The molecule has 0 radical (unpaired) electrons. The molecule has 0 aromatic carbocycles. The summed E-state index contributed by atoms with van der Waals surface area (Å²) in [7, 11) is 0. The van der Waals surface area contributed by atoms with E-state index < -0.39 is 0 Å². The number of hydrogen-bond donors (Lipinski definition) is 2. The molecule has 0 heterocycles. The van der Waals surface area contributed by atoms with Crippen molar-refractivity contribution in [2.45, 2.75) is 38.5 Å². The van der Waals surface area contributed by atoms with Crippen LogP contribution in [0.4, 0.5) is 0 Å². The van der Waals surface area contributed by atoms with Gasteiger partial charge in [0.2, 0.25) is 0 Å². The van der Waals surface area contributed by atoms with Gasteiger partial charge in [-0.25, -0.2) is 0 Å². The van der Waals surface area contributed by atoms with Crippen molar-refractivity contribution < 1.29 is 4.79 Å². The summed E-state index contributed by atoms with van der Waals surface area (Å²) in [6.07, 6.45) is 7.11. The number of aliphatic imine (C=N–C) groups is 1. The van der Waals surface area contributed by atoms with Gasteiger partial charge in [0.15, 0.2) is 5.96 Å². The number of carbonyl (C=O) groups is 1. The molecule has 0 atom stereocenters. The van der Waals surface area contributed by atoms with Crippen molar-refractivity contribution in [3.63, 3.8) is 0 Å². The summed E-state index contributed by atoms with van der Waals surface area (Å²) in [6.45, 7) is 0.718. The Kier molecular flexibility index (Phi) is 8.30. The van der Waals surface area contributed by atoms with E-state index in [2.05, 4.69) is 4.99 Å². The van der Waals surface area contributed by atoms with Gasteiger partial charge in [0.1, 0.15) is 6.29 Å². The van der Waals surface area contributed by atoms with E-state index in [1.807, 2.05) is 0 Å². The summed E-state index contributed by atoms with van der Waals surface area (Å²) in [6, 6.07) is 0. The zero-order valence-corrected chi connectivity index (χ0v) is 8.04. The molecule has 0 aromatic rings. The van der Waals surface area contributed by atoms with Crippen LogP contribution in [0.5, 0.6) is 0 Å². The first-order valence-electron chi connectivity index (χ1n) is 4.76. The molecule has 0 bridgehead atoms. The lowest BCUT2D eigenvalue weighted by Gasteiger charge is -1.97. The standard InChI is InChI=1S/C9H19N3O/c10-9(11)12-7-5-3-1-2-4-6-8-13/h8H,1-7H2,(H4,10,11,12). The number of nitrogens with zero attached hydrogens (tertiary/aromatic N) is 1. The van der Waals surface area contributed by atoms with Gasteiger partial charge in [0.25, 0.3) is 0 Å². The molecule has 0 saturated carbocycles. The molecule has 4 nitrogen and oxygen atoms in total. The van der Waals surface area contributed by atoms with Gasteiger partial charge in [0.05, 0.1) is 0 Å². The summed E-state index contributed by atoms with van der Waals surface area (Å²) < 4.78 is 0. The van der Waals surface area contributed by atoms with E-state index in [-0.39, 0.29) is 5.96 Å². The zero-order valence-electron chi connectivity index (χ0n) is 8.04. The molecule has 4 heteroatoms. The van der Waals surface area contributed by atoms with Crippen LogP contribution in [0.15, 0.2) is 4.99 Å². The van der Waals surface area contributed by atoms with E-state index in [0.717, 1.165) is 44.9 Å². The largest absolute Gasteiger partial charge is 0.370 e. The predicted octanol–water partition coefficient (Wildman–Crippen LogP) is 0.799. The first-order valence-corrected chi connectivity index (χ1v) is 4.76. The molecule has 0 unspecified atom stereocenters. The monoisotopic (exact) mass is 185 g/mol. The summed E-state index contributed by atoms with van der Waals surface area (Å²) >= 11 is 0. The highest BCUT2D eigenvalue weighted by atomic mass is 16.1. The normalized spacial score (nSPS) is 9.54. The molecule has 13 heavy (non-hydrogen) atoms.